The normalized spacial score (nSPS) is 13.3. The van der Waals surface area contributed by atoms with Gasteiger partial charge in [-0.2, -0.15) is 13.8 Å². The topological polar surface area (TPSA) is 94.3 Å². The molecule has 2 rings (SSSR count). The third-order valence-electron chi connectivity index (χ3n) is 2.90. The van der Waals surface area contributed by atoms with Crippen molar-refractivity contribution in [3.8, 4) is 11.4 Å². The number of ether oxygens (including phenoxy) is 1. The maximum atomic E-state index is 12.4. The molecule has 0 aliphatic rings. The van der Waals surface area contributed by atoms with E-state index in [0.29, 0.717) is 11.3 Å². The van der Waals surface area contributed by atoms with E-state index in [-0.39, 0.29) is 11.6 Å². The van der Waals surface area contributed by atoms with Crippen molar-refractivity contribution in [2.24, 2.45) is 0 Å². The maximum absolute atomic E-state index is 12.4. The van der Waals surface area contributed by atoms with E-state index < -0.39 is 28.4 Å². The van der Waals surface area contributed by atoms with Gasteiger partial charge >= 0.3 is 6.43 Å². The summed E-state index contributed by atoms with van der Waals surface area (Å²) in [6.45, 7) is 1.64. The van der Waals surface area contributed by atoms with Gasteiger partial charge in [0.1, 0.15) is 0 Å². The van der Waals surface area contributed by atoms with E-state index in [2.05, 4.69) is 19.4 Å². The van der Waals surface area contributed by atoms with Crippen molar-refractivity contribution in [2.45, 2.75) is 19.5 Å². The van der Waals surface area contributed by atoms with Crippen molar-refractivity contribution in [2.75, 3.05) is 17.6 Å². The molecular weight excluding hydrogens is 332 g/mol. The number of halogens is 2. The Kier molecular flexibility index (Phi) is 5.26. The van der Waals surface area contributed by atoms with E-state index in [4.69, 9.17) is 4.74 Å². The zero-order valence-corrected chi connectivity index (χ0v) is 13.2. The molecule has 0 fully saturated rings. The fraction of sp³-hybridized carbons (Fsp3) is 0.385. The Bertz CT molecular complexity index is 747. The number of methoxy groups -OCH3 is 1. The summed E-state index contributed by atoms with van der Waals surface area (Å²) in [7, 11) is -2.13. The number of rotatable bonds is 7. The second-order valence-electron chi connectivity index (χ2n) is 4.76. The molecule has 1 aromatic carbocycles. The highest BCUT2D eigenvalue weighted by molar-refractivity contribution is 7.92. The first-order chi connectivity index (χ1) is 10.8. The minimum absolute atomic E-state index is 0.00251. The highest BCUT2D eigenvalue weighted by Gasteiger charge is 2.18. The molecule has 0 radical (unpaired) electrons. The van der Waals surface area contributed by atoms with Crippen molar-refractivity contribution in [1.82, 2.24) is 10.1 Å². The second kappa shape index (κ2) is 7.01. The lowest BCUT2D eigenvalue weighted by atomic mass is 10.2. The molecular formula is C13H15F2N3O4S. The zero-order valence-electron chi connectivity index (χ0n) is 12.4. The molecule has 1 unspecified atom stereocenters. The Morgan fingerprint density at radius 3 is 2.48 bits per heavy atom. The van der Waals surface area contributed by atoms with Crippen LogP contribution in [0.2, 0.25) is 0 Å². The molecule has 1 aromatic heterocycles. The molecule has 1 N–H and O–H groups in total. The number of aromatic nitrogens is 2. The van der Waals surface area contributed by atoms with Gasteiger partial charge in [-0.05, 0) is 31.2 Å². The van der Waals surface area contributed by atoms with Gasteiger partial charge in [-0.1, -0.05) is 5.16 Å². The number of hydrogen-bond acceptors (Lipinski definition) is 6. The summed E-state index contributed by atoms with van der Waals surface area (Å²) < 4.78 is 60.3. The van der Waals surface area contributed by atoms with E-state index >= 15 is 0 Å². The van der Waals surface area contributed by atoms with Crippen molar-refractivity contribution in [3.05, 3.63) is 30.2 Å². The lowest BCUT2D eigenvalue weighted by Crippen LogP contribution is -2.25. The van der Waals surface area contributed by atoms with Gasteiger partial charge in [0.15, 0.2) is 0 Å². The third kappa shape index (κ3) is 4.70. The van der Waals surface area contributed by atoms with E-state index in [0.717, 1.165) is 0 Å². The fourth-order valence-corrected chi connectivity index (χ4v) is 3.06. The molecule has 7 nitrogen and oxygen atoms in total. The van der Waals surface area contributed by atoms with Gasteiger partial charge in [0.05, 0.1) is 11.9 Å². The molecule has 10 heteroatoms. The average molecular weight is 347 g/mol. The van der Waals surface area contributed by atoms with Crippen LogP contribution in [0.1, 0.15) is 19.2 Å². The second-order valence-corrected chi connectivity index (χ2v) is 6.53. The van der Waals surface area contributed by atoms with Crippen LogP contribution < -0.4 is 4.72 Å². The number of nitrogens with zero attached hydrogens (tertiary/aromatic N) is 2. The van der Waals surface area contributed by atoms with Crippen LogP contribution in [0.4, 0.5) is 14.5 Å². The number of anilines is 1. The molecule has 0 amide bonds. The predicted molar refractivity (Wildman–Crippen MR) is 78.6 cm³/mol. The Morgan fingerprint density at radius 2 is 1.96 bits per heavy atom. The molecule has 0 aliphatic heterocycles. The largest absolute Gasteiger partial charge is 0.381 e. The van der Waals surface area contributed by atoms with Crippen molar-refractivity contribution < 1.29 is 26.5 Å². The predicted octanol–water partition coefficient (Wildman–Crippen LogP) is 2.45. The molecule has 0 bridgehead atoms. The highest BCUT2D eigenvalue weighted by atomic mass is 32.2. The van der Waals surface area contributed by atoms with Crippen molar-refractivity contribution >= 4 is 15.7 Å². The van der Waals surface area contributed by atoms with Crippen LogP contribution in [0.5, 0.6) is 0 Å². The van der Waals surface area contributed by atoms with Crippen molar-refractivity contribution in [1.29, 1.82) is 0 Å². The summed E-state index contributed by atoms with van der Waals surface area (Å²) in [6.07, 6.45) is -3.29. The van der Waals surface area contributed by atoms with E-state index in [1.807, 2.05) is 0 Å². The lowest BCUT2D eigenvalue weighted by Gasteiger charge is -2.12. The zero-order chi connectivity index (χ0) is 17.0. The summed E-state index contributed by atoms with van der Waals surface area (Å²) in [5, 5.41) is 3.44. The molecule has 2 aromatic rings. The fourth-order valence-electron chi connectivity index (χ4n) is 1.73. The number of alkyl halides is 2. The summed E-state index contributed by atoms with van der Waals surface area (Å²) in [6, 6.07) is 5.95. The van der Waals surface area contributed by atoms with Crippen molar-refractivity contribution in [3.63, 3.8) is 0 Å². The van der Waals surface area contributed by atoms with Crippen LogP contribution in [-0.2, 0) is 14.8 Å². The first kappa shape index (κ1) is 17.3. The summed E-state index contributed by atoms with van der Waals surface area (Å²) in [5.41, 5.74) is 0.753. The molecule has 1 heterocycles. The van der Waals surface area contributed by atoms with E-state index in [1.165, 1.54) is 31.4 Å². The summed E-state index contributed by atoms with van der Waals surface area (Å²) in [4.78, 5) is 3.55. The number of benzene rings is 1. The Hall–Kier alpha value is -2.07. The number of nitrogens with one attached hydrogen (secondary N) is 1. The summed E-state index contributed by atoms with van der Waals surface area (Å²) in [5.74, 6) is -0.950. The Labute approximate surface area is 131 Å². The molecule has 0 saturated carbocycles. The molecule has 0 spiro atoms. The molecule has 1 atom stereocenters. The molecule has 126 valence electrons. The first-order valence-electron chi connectivity index (χ1n) is 6.56. The SMILES string of the molecule is COC(C)CS(=O)(=O)Nc1ccc(-c2noc(C(F)F)n2)cc1. The Balaban J connectivity index is 2.10. The average Bonchev–Trinajstić information content (AvgIpc) is 2.97. The van der Waals surface area contributed by atoms with Gasteiger partial charge in [-0.3, -0.25) is 4.72 Å². The summed E-state index contributed by atoms with van der Waals surface area (Å²) >= 11 is 0. The smallest absolute Gasteiger partial charge is 0.315 e. The highest BCUT2D eigenvalue weighted by Crippen LogP contribution is 2.23. The van der Waals surface area contributed by atoms with Crippen LogP contribution in [0.15, 0.2) is 28.8 Å². The minimum Gasteiger partial charge on any atom is -0.381 e. The van der Waals surface area contributed by atoms with E-state index in [1.54, 1.807) is 6.92 Å². The number of sulfonamides is 1. The standard InChI is InChI=1S/C13H15F2N3O4S/c1-8(21-2)7-23(19,20)18-10-5-3-9(4-6-10)12-16-13(11(14)15)22-17-12/h3-6,8,11,18H,7H2,1-2H3. The number of hydrogen-bond donors (Lipinski definition) is 1. The van der Waals surface area contributed by atoms with Gasteiger partial charge in [0, 0.05) is 18.4 Å². The maximum Gasteiger partial charge on any atom is 0.315 e. The van der Waals surface area contributed by atoms with Crippen LogP contribution >= 0.6 is 0 Å². The Morgan fingerprint density at radius 1 is 1.30 bits per heavy atom. The molecule has 0 aliphatic carbocycles. The van der Waals surface area contributed by atoms with Gasteiger partial charge < -0.3 is 9.26 Å². The molecule has 0 saturated heterocycles. The molecule has 23 heavy (non-hydrogen) atoms. The van der Waals surface area contributed by atoms with Crippen LogP contribution in [0.3, 0.4) is 0 Å². The van der Waals surface area contributed by atoms with Crippen LogP contribution in [0.25, 0.3) is 11.4 Å². The third-order valence-corrected chi connectivity index (χ3v) is 4.36. The lowest BCUT2D eigenvalue weighted by molar-refractivity contribution is 0.106. The van der Waals surface area contributed by atoms with Crippen LogP contribution in [-0.4, -0.2) is 37.5 Å². The van der Waals surface area contributed by atoms with E-state index in [9.17, 15) is 17.2 Å². The first-order valence-corrected chi connectivity index (χ1v) is 8.21. The van der Waals surface area contributed by atoms with Gasteiger partial charge in [-0.25, -0.2) is 8.42 Å². The quantitative estimate of drug-likeness (QED) is 0.827. The van der Waals surface area contributed by atoms with Gasteiger partial charge in [0.25, 0.3) is 5.89 Å². The van der Waals surface area contributed by atoms with Crippen LogP contribution in [0, 0.1) is 0 Å². The van der Waals surface area contributed by atoms with Gasteiger partial charge in [-0.15, -0.1) is 0 Å². The monoisotopic (exact) mass is 347 g/mol. The van der Waals surface area contributed by atoms with Gasteiger partial charge in [0.2, 0.25) is 15.8 Å². The minimum atomic E-state index is -3.55.